The third-order valence-corrected chi connectivity index (χ3v) is 4.57. The average molecular weight is 353 g/mol. The molecule has 0 bridgehead atoms. The Morgan fingerprint density at radius 1 is 1.19 bits per heavy atom. The summed E-state index contributed by atoms with van der Waals surface area (Å²) in [4.78, 5) is 35.3. The van der Waals surface area contributed by atoms with Crippen LogP contribution in [0.3, 0.4) is 0 Å². The van der Waals surface area contributed by atoms with E-state index in [0.717, 1.165) is 11.3 Å². The van der Waals surface area contributed by atoms with Gasteiger partial charge in [-0.1, -0.05) is 6.07 Å². The van der Waals surface area contributed by atoms with Gasteiger partial charge in [-0.3, -0.25) is 19.5 Å². The largest absolute Gasteiger partial charge is 0.359 e. The van der Waals surface area contributed by atoms with Crippen molar-refractivity contribution in [3.8, 4) is 0 Å². The molecule has 0 unspecified atom stereocenters. The van der Waals surface area contributed by atoms with E-state index in [0.29, 0.717) is 25.3 Å². The first-order chi connectivity index (χ1) is 12.6. The SMILES string of the molecule is CNC(=O)[C@H]1CN(Cc2ccncc2)C[C@@H]1NC(=O)c1cccc(C)n1. The van der Waals surface area contributed by atoms with Crippen molar-refractivity contribution in [2.75, 3.05) is 20.1 Å². The fourth-order valence-corrected chi connectivity index (χ4v) is 3.27. The van der Waals surface area contributed by atoms with Gasteiger partial charge in [-0.05, 0) is 36.8 Å². The van der Waals surface area contributed by atoms with Crippen LogP contribution in [0, 0.1) is 12.8 Å². The van der Waals surface area contributed by atoms with Gasteiger partial charge in [0.2, 0.25) is 5.91 Å². The summed E-state index contributed by atoms with van der Waals surface area (Å²) in [5.74, 6) is -0.612. The highest BCUT2D eigenvalue weighted by atomic mass is 16.2. The molecule has 0 spiro atoms. The standard InChI is InChI=1S/C19H23N5O2/c1-13-4-3-5-16(22-13)19(26)23-17-12-24(11-15(17)18(25)20-2)10-14-6-8-21-9-7-14/h3-9,15,17H,10-12H2,1-2H3,(H,20,25)(H,23,26)/t15-,17-/m0/s1. The maximum Gasteiger partial charge on any atom is 0.270 e. The minimum absolute atomic E-state index is 0.0651. The van der Waals surface area contributed by atoms with Gasteiger partial charge in [0.1, 0.15) is 5.69 Å². The molecule has 7 nitrogen and oxygen atoms in total. The first-order valence-corrected chi connectivity index (χ1v) is 8.64. The summed E-state index contributed by atoms with van der Waals surface area (Å²) in [7, 11) is 1.62. The molecule has 7 heteroatoms. The number of nitrogens with one attached hydrogen (secondary N) is 2. The van der Waals surface area contributed by atoms with E-state index < -0.39 is 0 Å². The molecule has 2 N–H and O–H groups in total. The Kier molecular flexibility index (Phi) is 5.58. The van der Waals surface area contributed by atoms with Crippen LogP contribution in [0.2, 0.25) is 0 Å². The molecule has 3 rings (SSSR count). The number of amides is 2. The van der Waals surface area contributed by atoms with Crippen LogP contribution >= 0.6 is 0 Å². The Bertz CT molecular complexity index is 781. The van der Waals surface area contributed by atoms with Gasteiger partial charge in [-0.15, -0.1) is 0 Å². The minimum Gasteiger partial charge on any atom is -0.359 e. The van der Waals surface area contributed by atoms with Crippen LogP contribution in [0.4, 0.5) is 0 Å². The van der Waals surface area contributed by atoms with Gasteiger partial charge in [-0.2, -0.15) is 0 Å². The summed E-state index contributed by atoms with van der Waals surface area (Å²) >= 11 is 0. The van der Waals surface area contributed by atoms with E-state index in [9.17, 15) is 9.59 Å². The molecule has 2 atom stereocenters. The molecule has 1 saturated heterocycles. The summed E-state index contributed by atoms with van der Waals surface area (Å²) in [5.41, 5.74) is 2.28. The zero-order valence-corrected chi connectivity index (χ0v) is 15.0. The Hall–Kier alpha value is -2.80. The van der Waals surface area contributed by atoms with E-state index in [1.54, 1.807) is 31.6 Å². The zero-order chi connectivity index (χ0) is 18.5. The normalized spacial score (nSPS) is 19.9. The number of aryl methyl sites for hydroxylation is 1. The van der Waals surface area contributed by atoms with Gasteiger partial charge in [0.05, 0.1) is 12.0 Å². The van der Waals surface area contributed by atoms with Gasteiger partial charge < -0.3 is 10.6 Å². The van der Waals surface area contributed by atoms with E-state index in [1.165, 1.54) is 0 Å². The fourth-order valence-electron chi connectivity index (χ4n) is 3.27. The third kappa shape index (κ3) is 4.23. The number of pyridine rings is 2. The molecule has 26 heavy (non-hydrogen) atoms. The molecular weight excluding hydrogens is 330 g/mol. The second-order valence-corrected chi connectivity index (χ2v) is 6.51. The second kappa shape index (κ2) is 8.05. The summed E-state index contributed by atoms with van der Waals surface area (Å²) < 4.78 is 0. The molecule has 1 aliphatic rings. The number of carbonyl (C=O) groups is 2. The molecule has 0 aliphatic carbocycles. The van der Waals surface area contributed by atoms with Crippen molar-refractivity contribution >= 4 is 11.8 Å². The number of nitrogens with zero attached hydrogens (tertiary/aromatic N) is 3. The lowest BCUT2D eigenvalue weighted by Crippen LogP contribution is -2.45. The topological polar surface area (TPSA) is 87.2 Å². The van der Waals surface area contributed by atoms with Gasteiger partial charge in [0.25, 0.3) is 5.91 Å². The predicted molar refractivity (Wildman–Crippen MR) is 97.3 cm³/mol. The Morgan fingerprint density at radius 2 is 1.96 bits per heavy atom. The number of aromatic nitrogens is 2. The van der Waals surface area contributed by atoms with Crippen LogP contribution < -0.4 is 10.6 Å². The van der Waals surface area contributed by atoms with E-state index in [2.05, 4.69) is 25.5 Å². The van der Waals surface area contributed by atoms with E-state index in [1.807, 2.05) is 25.1 Å². The Morgan fingerprint density at radius 3 is 2.65 bits per heavy atom. The Balaban J connectivity index is 1.71. The lowest BCUT2D eigenvalue weighted by atomic mass is 10.0. The maximum atomic E-state index is 12.5. The molecule has 2 amide bonds. The monoisotopic (exact) mass is 353 g/mol. The highest BCUT2D eigenvalue weighted by Crippen LogP contribution is 2.20. The number of likely N-dealkylation sites (tertiary alicyclic amines) is 1. The van der Waals surface area contributed by atoms with Crippen molar-refractivity contribution in [3.05, 3.63) is 59.7 Å². The summed E-state index contributed by atoms with van der Waals surface area (Å²) in [6, 6.07) is 8.98. The molecule has 136 valence electrons. The number of rotatable bonds is 5. The van der Waals surface area contributed by atoms with Crippen LogP contribution in [0.15, 0.2) is 42.7 Å². The molecule has 0 saturated carbocycles. The highest BCUT2D eigenvalue weighted by Gasteiger charge is 2.38. The van der Waals surface area contributed by atoms with Crippen LogP contribution in [-0.2, 0) is 11.3 Å². The van der Waals surface area contributed by atoms with Crippen molar-refractivity contribution in [1.82, 2.24) is 25.5 Å². The third-order valence-electron chi connectivity index (χ3n) is 4.57. The number of carbonyl (C=O) groups excluding carboxylic acids is 2. The molecular formula is C19H23N5O2. The number of hydrogen-bond donors (Lipinski definition) is 2. The summed E-state index contributed by atoms with van der Waals surface area (Å²) in [6.45, 7) is 3.76. The van der Waals surface area contributed by atoms with Crippen molar-refractivity contribution in [1.29, 1.82) is 0 Å². The first-order valence-electron chi connectivity index (χ1n) is 8.64. The van der Waals surface area contributed by atoms with Crippen LogP contribution in [-0.4, -0.2) is 52.9 Å². The van der Waals surface area contributed by atoms with Crippen molar-refractivity contribution in [2.45, 2.75) is 19.5 Å². The highest BCUT2D eigenvalue weighted by molar-refractivity contribution is 5.93. The first kappa shape index (κ1) is 18.0. The average Bonchev–Trinajstić information content (AvgIpc) is 3.04. The van der Waals surface area contributed by atoms with Gasteiger partial charge in [-0.25, -0.2) is 4.98 Å². The fraction of sp³-hybridized carbons (Fsp3) is 0.368. The minimum atomic E-state index is -0.296. The van der Waals surface area contributed by atoms with Crippen LogP contribution in [0.5, 0.6) is 0 Å². The van der Waals surface area contributed by atoms with E-state index in [4.69, 9.17) is 0 Å². The van der Waals surface area contributed by atoms with Crippen molar-refractivity contribution in [3.63, 3.8) is 0 Å². The molecule has 1 aliphatic heterocycles. The van der Waals surface area contributed by atoms with E-state index in [-0.39, 0.29) is 23.8 Å². The van der Waals surface area contributed by atoms with Crippen LogP contribution in [0.25, 0.3) is 0 Å². The summed E-state index contributed by atoms with van der Waals surface area (Å²) in [5, 5.41) is 5.69. The molecule has 3 heterocycles. The lowest BCUT2D eigenvalue weighted by molar-refractivity contribution is -0.124. The molecule has 2 aromatic rings. The maximum absolute atomic E-state index is 12.5. The van der Waals surface area contributed by atoms with Crippen LogP contribution in [0.1, 0.15) is 21.7 Å². The smallest absolute Gasteiger partial charge is 0.270 e. The zero-order valence-electron chi connectivity index (χ0n) is 15.0. The number of hydrogen-bond acceptors (Lipinski definition) is 5. The van der Waals surface area contributed by atoms with E-state index >= 15 is 0 Å². The second-order valence-electron chi connectivity index (χ2n) is 6.51. The molecule has 0 radical (unpaired) electrons. The quantitative estimate of drug-likeness (QED) is 0.829. The summed E-state index contributed by atoms with van der Waals surface area (Å²) in [6.07, 6.45) is 3.51. The predicted octanol–water partition coefficient (Wildman–Crippen LogP) is 0.761. The van der Waals surface area contributed by atoms with Gasteiger partial charge in [0.15, 0.2) is 0 Å². The molecule has 2 aromatic heterocycles. The molecule has 1 fully saturated rings. The molecule has 0 aromatic carbocycles. The van der Waals surface area contributed by atoms with Crippen molar-refractivity contribution in [2.24, 2.45) is 5.92 Å². The lowest BCUT2D eigenvalue weighted by Gasteiger charge is -2.18. The van der Waals surface area contributed by atoms with Gasteiger partial charge >= 0.3 is 0 Å². The van der Waals surface area contributed by atoms with Crippen molar-refractivity contribution < 1.29 is 9.59 Å². The van der Waals surface area contributed by atoms with Gasteiger partial charge in [0, 0.05) is 44.8 Å². The Labute approximate surface area is 152 Å².